The zero-order valence-electron chi connectivity index (χ0n) is 22.3. The number of carbonyl (C=O) groups is 5. The molecule has 13 heteroatoms. The van der Waals surface area contributed by atoms with E-state index in [1.807, 2.05) is 0 Å². The highest BCUT2D eigenvalue weighted by Crippen LogP contribution is 2.32. The average Bonchev–Trinajstić information content (AvgIpc) is 3.36. The molecule has 2 heterocycles. The molecule has 2 saturated heterocycles. The van der Waals surface area contributed by atoms with E-state index < -0.39 is 41.6 Å². The highest BCUT2D eigenvalue weighted by molar-refractivity contribution is 6.04. The Morgan fingerprint density at radius 3 is 1.43 bits per heavy atom. The molecule has 212 valence electrons. The van der Waals surface area contributed by atoms with Crippen LogP contribution in [0.25, 0.3) is 0 Å². The minimum Gasteiger partial charge on any atom is -0.497 e. The highest BCUT2D eigenvalue weighted by atomic mass is 16.9. The Morgan fingerprint density at radius 1 is 0.675 bits per heavy atom. The molecule has 0 N–H and O–H groups in total. The number of amides is 4. The standard InChI is InChI=1S/C27H28N2O11/c1-35-19-5-7-21(37-3)15(11-19)9-17-13-23(30)28(25(17)32)39-27(34)40-29-24(31)14-18(26(29)33)10-16-12-20(36-2)6-8-22(16)38-4/h5-8,11-12,17-18H,9-10,13-14H2,1-4H3. The third-order valence-corrected chi connectivity index (χ3v) is 6.63. The van der Waals surface area contributed by atoms with Crippen LogP contribution in [0.15, 0.2) is 36.4 Å². The third-order valence-electron chi connectivity index (χ3n) is 6.63. The van der Waals surface area contributed by atoms with Crippen LogP contribution in [0.3, 0.4) is 0 Å². The quantitative estimate of drug-likeness (QED) is 0.397. The maximum atomic E-state index is 12.9. The summed E-state index contributed by atoms with van der Waals surface area (Å²) in [5.41, 5.74) is 1.23. The molecule has 2 aromatic rings. The second kappa shape index (κ2) is 11.9. The van der Waals surface area contributed by atoms with Crippen LogP contribution in [-0.2, 0) is 41.7 Å². The normalized spacial score (nSPS) is 18.7. The van der Waals surface area contributed by atoms with Gasteiger partial charge in [0, 0.05) is 12.8 Å². The van der Waals surface area contributed by atoms with Crippen LogP contribution in [-0.4, -0.2) is 68.3 Å². The van der Waals surface area contributed by atoms with Crippen LogP contribution in [0, 0.1) is 11.8 Å². The van der Waals surface area contributed by atoms with E-state index in [0.717, 1.165) is 0 Å². The van der Waals surface area contributed by atoms with Crippen molar-refractivity contribution in [2.45, 2.75) is 25.7 Å². The van der Waals surface area contributed by atoms with Gasteiger partial charge >= 0.3 is 6.16 Å². The van der Waals surface area contributed by atoms with Crippen molar-refractivity contribution in [3.8, 4) is 23.0 Å². The molecule has 2 aliphatic rings. The summed E-state index contributed by atoms with van der Waals surface area (Å²) >= 11 is 0. The van der Waals surface area contributed by atoms with E-state index in [1.54, 1.807) is 36.4 Å². The molecule has 2 unspecified atom stereocenters. The average molecular weight is 557 g/mol. The highest BCUT2D eigenvalue weighted by Gasteiger charge is 2.45. The second-order valence-electron chi connectivity index (χ2n) is 9.05. The molecular formula is C27H28N2O11. The first-order valence-corrected chi connectivity index (χ1v) is 12.2. The molecule has 0 spiro atoms. The Hall–Kier alpha value is -4.81. The molecule has 0 aromatic heterocycles. The molecule has 2 aliphatic heterocycles. The monoisotopic (exact) mass is 556 g/mol. The summed E-state index contributed by atoms with van der Waals surface area (Å²) in [4.78, 5) is 72.8. The minimum absolute atomic E-state index is 0.109. The molecule has 13 nitrogen and oxygen atoms in total. The molecule has 0 saturated carbocycles. The van der Waals surface area contributed by atoms with Crippen LogP contribution in [0.5, 0.6) is 23.0 Å². The number of hydrogen-bond donors (Lipinski definition) is 0. The van der Waals surface area contributed by atoms with Gasteiger partial charge in [0.1, 0.15) is 23.0 Å². The lowest BCUT2D eigenvalue weighted by molar-refractivity contribution is -0.199. The van der Waals surface area contributed by atoms with Crippen molar-refractivity contribution in [1.82, 2.24) is 10.1 Å². The number of rotatable bonds is 10. The van der Waals surface area contributed by atoms with Crippen LogP contribution in [0.2, 0.25) is 0 Å². The SMILES string of the molecule is COc1ccc(OC)c(CC2CC(=O)N(OC(=O)ON3C(=O)CC(Cc4cc(OC)ccc4OC)C3=O)C2=O)c1. The van der Waals surface area contributed by atoms with E-state index in [4.69, 9.17) is 28.6 Å². The van der Waals surface area contributed by atoms with Crippen molar-refractivity contribution in [3.63, 3.8) is 0 Å². The molecule has 2 atom stereocenters. The van der Waals surface area contributed by atoms with Gasteiger partial charge in [-0.3, -0.25) is 28.9 Å². The fraction of sp³-hybridized carbons (Fsp3) is 0.370. The Bertz CT molecular complexity index is 1240. The van der Waals surface area contributed by atoms with Crippen molar-refractivity contribution in [1.29, 1.82) is 0 Å². The van der Waals surface area contributed by atoms with E-state index in [2.05, 4.69) is 0 Å². The van der Waals surface area contributed by atoms with Gasteiger partial charge in [0.15, 0.2) is 0 Å². The number of nitrogens with zero attached hydrogens (tertiary/aromatic N) is 2. The maximum absolute atomic E-state index is 12.9. The van der Waals surface area contributed by atoms with Gasteiger partial charge in [0.2, 0.25) is 0 Å². The van der Waals surface area contributed by atoms with E-state index in [0.29, 0.717) is 34.1 Å². The first kappa shape index (κ1) is 28.2. The van der Waals surface area contributed by atoms with Crippen LogP contribution in [0.1, 0.15) is 24.0 Å². The van der Waals surface area contributed by atoms with E-state index >= 15 is 0 Å². The topological polar surface area (TPSA) is 147 Å². The lowest BCUT2D eigenvalue weighted by Crippen LogP contribution is -2.39. The van der Waals surface area contributed by atoms with Crippen molar-refractivity contribution in [3.05, 3.63) is 47.5 Å². The van der Waals surface area contributed by atoms with Gasteiger partial charge in [0.25, 0.3) is 23.6 Å². The molecule has 40 heavy (non-hydrogen) atoms. The van der Waals surface area contributed by atoms with E-state index in [9.17, 15) is 24.0 Å². The lowest BCUT2D eigenvalue weighted by Gasteiger charge is -2.17. The van der Waals surface area contributed by atoms with Gasteiger partial charge in [-0.2, -0.15) is 4.79 Å². The Balaban J connectivity index is 1.38. The van der Waals surface area contributed by atoms with E-state index in [-0.39, 0.29) is 35.8 Å². The first-order valence-electron chi connectivity index (χ1n) is 12.2. The van der Waals surface area contributed by atoms with Crippen LogP contribution >= 0.6 is 0 Å². The largest absolute Gasteiger partial charge is 0.560 e. The van der Waals surface area contributed by atoms with Crippen LogP contribution in [0.4, 0.5) is 4.79 Å². The molecule has 0 radical (unpaired) electrons. The zero-order chi connectivity index (χ0) is 29.0. The fourth-order valence-electron chi connectivity index (χ4n) is 4.63. The van der Waals surface area contributed by atoms with Crippen molar-refractivity contribution >= 4 is 29.8 Å². The summed E-state index contributed by atoms with van der Waals surface area (Å²) in [6.45, 7) is 0. The number of benzene rings is 2. The van der Waals surface area contributed by atoms with Crippen molar-refractivity contribution in [2.75, 3.05) is 28.4 Å². The summed E-state index contributed by atoms with van der Waals surface area (Å²) < 4.78 is 21.1. The van der Waals surface area contributed by atoms with Gasteiger partial charge in [-0.1, -0.05) is 10.1 Å². The summed E-state index contributed by atoms with van der Waals surface area (Å²) in [6, 6.07) is 10.1. The van der Waals surface area contributed by atoms with Gasteiger partial charge in [-0.05, 0) is 60.4 Å². The fourth-order valence-corrected chi connectivity index (χ4v) is 4.63. The van der Waals surface area contributed by atoms with Gasteiger partial charge in [-0.25, -0.2) is 0 Å². The van der Waals surface area contributed by atoms with Gasteiger partial charge < -0.3 is 18.9 Å². The Kier molecular flexibility index (Phi) is 8.41. The van der Waals surface area contributed by atoms with Gasteiger partial charge in [-0.15, -0.1) is 0 Å². The molecule has 4 amide bonds. The first-order chi connectivity index (χ1) is 19.2. The summed E-state index contributed by atoms with van der Waals surface area (Å²) in [6.07, 6.45) is -1.84. The number of carbonyl (C=O) groups excluding carboxylic acids is 5. The predicted octanol–water partition coefficient (Wildman–Crippen LogP) is 2.24. The predicted molar refractivity (Wildman–Crippen MR) is 134 cm³/mol. The number of hydrogen-bond acceptors (Lipinski definition) is 11. The molecule has 0 aliphatic carbocycles. The summed E-state index contributed by atoms with van der Waals surface area (Å²) in [5, 5.41) is 0.562. The number of methoxy groups -OCH3 is 4. The smallest absolute Gasteiger partial charge is 0.497 e. The molecule has 0 bridgehead atoms. The van der Waals surface area contributed by atoms with E-state index in [1.165, 1.54) is 28.4 Å². The van der Waals surface area contributed by atoms with Gasteiger partial charge in [0.05, 0.1) is 40.3 Å². The second-order valence-corrected chi connectivity index (χ2v) is 9.05. The van der Waals surface area contributed by atoms with Crippen molar-refractivity contribution < 1.29 is 52.6 Å². The summed E-state index contributed by atoms with van der Waals surface area (Å²) in [5.74, 6) is -2.77. The number of imide groups is 2. The minimum atomic E-state index is -1.58. The molecule has 4 rings (SSSR count). The Morgan fingerprint density at radius 2 is 1.07 bits per heavy atom. The Labute approximate surface area is 229 Å². The maximum Gasteiger partial charge on any atom is 0.560 e. The van der Waals surface area contributed by atoms with Crippen LogP contribution < -0.4 is 18.9 Å². The van der Waals surface area contributed by atoms with Crippen molar-refractivity contribution in [2.24, 2.45) is 11.8 Å². The third kappa shape index (κ3) is 5.77. The molecular weight excluding hydrogens is 528 g/mol. The summed E-state index contributed by atoms with van der Waals surface area (Å²) in [7, 11) is 5.92. The molecule has 2 aromatic carbocycles. The molecule has 2 fully saturated rings. The zero-order valence-corrected chi connectivity index (χ0v) is 22.3. The lowest BCUT2D eigenvalue weighted by atomic mass is 9.97. The number of ether oxygens (including phenoxy) is 4. The number of hydroxylamine groups is 4.